The van der Waals surface area contributed by atoms with Gasteiger partial charge in [-0.1, -0.05) is 44.2 Å². The van der Waals surface area contributed by atoms with E-state index in [0.717, 1.165) is 5.56 Å². The first kappa shape index (κ1) is 13.5. The fourth-order valence-electron chi connectivity index (χ4n) is 1.46. The molecule has 92 valence electrons. The highest BCUT2D eigenvalue weighted by atomic mass is 16.1. The number of amides is 1. The van der Waals surface area contributed by atoms with Gasteiger partial charge in [0, 0.05) is 18.7 Å². The summed E-state index contributed by atoms with van der Waals surface area (Å²) < 4.78 is 0. The molecule has 3 nitrogen and oxygen atoms in total. The standard InChI is InChI=1S/C14H20N2O/c1-11(2)13(10-15)16-14(17)9-8-12-6-4-3-5-7-12/h3-9,11,13H,10,15H2,1-2H3,(H,16,17). The third-order valence-corrected chi connectivity index (χ3v) is 2.61. The Hall–Kier alpha value is -1.61. The summed E-state index contributed by atoms with van der Waals surface area (Å²) in [6.07, 6.45) is 3.34. The summed E-state index contributed by atoms with van der Waals surface area (Å²) in [7, 11) is 0. The Morgan fingerprint density at radius 2 is 2.00 bits per heavy atom. The molecule has 0 aromatic heterocycles. The fraction of sp³-hybridized carbons (Fsp3) is 0.357. The zero-order valence-electron chi connectivity index (χ0n) is 10.4. The number of nitrogens with two attached hydrogens (primary N) is 1. The lowest BCUT2D eigenvalue weighted by Crippen LogP contribution is -2.42. The third-order valence-electron chi connectivity index (χ3n) is 2.61. The monoisotopic (exact) mass is 232 g/mol. The van der Waals surface area contributed by atoms with Gasteiger partial charge in [0.2, 0.25) is 5.91 Å². The molecule has 0 heterocycles. The topological polar surface area (TPSA) is 55.1 Å². The van der Waals surface area contributed by atoms with Crippen LogP contribution >= 0.6 is 0 Å². The first-order chi connectivity index (χ1) is 8.13. The Morgan fingerprint density at radius 3 is 2.53 bits per heavy atom. The van der Waals surface area contributed by atoms with Crippen molar-refractivity contribution in [3.8, 4) is 0 Å². The molecule has 3 heteroatoms. The Labute approximate surface area is 103 Å². The zero-order chi connectivity index (χ0) is 12.7. The lowest BCUT2D eigenvalue weighted by Gasteiger charge is -2.19. The van der Waals surface area contributed by atoms with E-state index in [4.69, 9.17) is 5.73 Å². The van der Waals surface area contributed by atoms with Crippen LogP contribution in [0.2, 0.25) is 0 Å². The average molecular weight is 232 g/mol. The number of carbonyl (C=O) groups excluding carboxylic acids is 1. The lowest BCUT2D eigenvalue weighted by molar-refractivity contribution is -0.117. The molecular weight excluding hydrogens is 212 g/mol. The van der Waals surface area contributed by atoms with Crippen LogP contribution in [0.3, 0.4) is 0 Å². The highest BCUT2D eigenvalue weighted by Gasteiger charge is 2.12. The molecular formula is C14H20N2O. The fourth-order valence-corrected chi connectivity index (χ4v) is 1.46. The van der Waals surface area contributed by atoms with E-state index in [0.29, 0.717) is 12.5 Å². The van der Waals surface area contributed by atoms with E-state index in [9.17, 15) is 4.79 Å². The minimum Gasteiger partial charge on any atom is -0.348 e. The molecule has 0 spiro atoms. The number of hydrogen-bond donors (Lipinski definition) is 2. The van der Waals surface area contributed by atoms with E-state index in [1.807, 2.05) is 44.2 Å². The maximum atomic E-state index is 11.6. The molecule has 1 unspecified atom stereocenters. The van der Waals surface area contributed by atoms with E-state index in [2.05, 4.69) is 5.32 Å². The van der Waals surface area contributed by atoms with E-state index in [1.54, 1.807) is 12.2 Å². The van der Waals surface area contributed by atoms with Crippen molar-refractivity contribution in [3.63, 3.8) is 0 Å². The molecule has 0 saturated heterocycles. The van der Waals surface area contributed by atoms with Crippen LogP contribution in [0.5, 0.6) is 0 Å². The van der Waals surface area contributed by atoms with Crippen LogP contribution in [0.25, 0.3) is 6.08 Å². The number of rotatable bonds is 5. The van der Waals surface area contributed by atoms with Crippen molar-refractivity contribution in [1.82, 2.24) is 5.32 Å². The highest BCUT2D eigenvalue weighted by molar-refractivity contribution is 5.91. The highest BCUT2D eigenvalue weighted by Crippen LogP contribution is 2.02. The summed E-state index contributed by atoms with van der Waals surface area (Å²) in [5, 5.41) is 2.89. The Kier molecular flexibility index (Phi) is 5.43. The molecule has 0 aliphatic heterocycles. The normalized spacial score (nSPS) is 12.9. The minimum atomic E-state index is -0.0991. The van der Waals surface area contributed by atoms with Crippen LogP contribution in [-0.2, 0) is 4.79 Å². The maximum Gasteiger partial charge on any atom is 0.244 e. The van der Waals surface area contributed by atoms with Crippen molar-refractivity contribution < 1.29 is 4.79 Å². The zero-order valence-corrected chi connectivity index (χ0v) is 10.4. The molecule has 1 aromatic carbocycles. The van der Waals surface area contributed by atoms with E-state index in [-0.39, 0.29) is 11.9 Å². The van der Waals surface area contributed by atoms with Crippen molar-refractivity contribution in [2.75, 3.05) is 6.54 Å². The molecule has 1 amide bonds. The smallest absolute Gasteiger partial charge is 0.244 e. The summed E-state index contributed by atoms with van der Waals surface area (Å²) in [5.74, 6) is 0.243. The summed E-state index contributed by atoms with van der Waals surface area (Å²) in [5.41, 5.74) is 6.60. The van der Waals surface area contributed by atoms with Gasteiger partial charge in [-0.25, -0.2) is 0 Å². The molecule has 17 heavy (non-hydrogen) atoms. The van der Waals surface area contributed by atoms with Crippen LogP contribution in [0, 0.1) is 5.92 Å². The van der Waals surface area contributed by atoms with E-state index >= 15 is 0 Å². The Bertz CT molecular complexity index is 371. The summed E-state index contributed by atoms with van der Waals surface area (Å²) >= 11 is 0. The van der Waals surface area contributed by atoms with Gasteiger partial charge in [0.1, 0.15) is 0 Å². The van der Waals surface area contributed by atoms with Crippen LogP contribution in [0.15, 0.2) is 36.4 Å². The molecule has 0 bridgehead atoms. The van der Waals surface area contributed by atoms with Gasteiger partial charge in [-0.3, -0.25) is 4.79 Å². The number of nitrogens with one attached hydrogen (secondary N) is 1. The van der Waals surface area contributed by atoms with Crippen LogP contribution in [0.1, 0.15) is 19.4 Å². The van der Waals surface area contributed by atoms with Crippen molar-refractivity contribution in [1.29, 1.82) is 0 Å². The minimum absolute atomic E-state index is 0.0305. The second kappa shape index (κ2) is 6.86. The third kappa shape index (κ3) is 4.83. The molecule has 3 N–H and O–H groups in total. The maximum absolute atomic E-state index is 11.6. The first-order valence-electron chi connectivity index (χ1n) is 5.87. The summed E-state index contributed by atoms with van der Waals surface area (Å²) in [6, 6.07) is 9.76. The van der Waals surface area contributed by atoms with Crippen molar-refractivity contribution in [3.05, 3.63) is 42.0 Å². The van der Waals surface area contributed by atoms with Gasteiger partial charge in [-0.05, 0) is 17.6 Å². The van der Waals surface area contributed by atoms with Crippen LogP contribution in [0.4, 0.5) is 0 Å². The first-order valence-corrected chi connectivity index (χ1v) is 5.87. The average Bonchev–Trinajstić information content (AvgIpc) is 2.34. The van der Waals surface area contributed by atoms with Crippen LogP contribution in [-0.4, -0.2) is 18.5 Å². The van der Waals surface area contributed by atoms with Gasteiger partial charge in [-0.2, -0.15) is 0 Å². The molecule has 1 aromatic rings. The summed E-state index contributed by atoms with van der Waals surface area (Å²) in [6.45, 7) is 4.54. The molecule has 0 aliphatic carbocycles. The molecule has 1 atom stereocenters. The van der Waals surface area contributed by atoms with Gasteiger partial charge in [0.25, 0.3) is 0 Å². The van der Waals surface area contributed by atoms with Gasteiger partial charge in [-0.15, -0.1) is 0 Å². The van der Waals surface area contributed by atoms with Gasteiger partial charge >= 0.3 is 0 Å². The van der Waals surface area contributed by atoms with Crippen molar-refractivity contribution in [2.45, 2.75) is 19.9 Å². The molecule has 0 saturated carbocycles. The largest absolute Gasteiger partial charge is 0.348 e. The second-order valence-corrected chi connectivity index (χ2v) is 4.34. The molecule has 0 fully saturated rings. The number of carbonyl (C=O) groups is 1. The van der Waals surface area contributed by atoms with Crippen LogP contribution < -0.4 is 11.1 Å². The predicted molar refractivity (Wildman–Crippen MR) is 71.3 cm³/mol. The lowest BCUT2D eigenvalue weighted by atomic mass is 10.0. The molecule has 0 aliphatic rings. The number of hydrogen-bond acceptors (Lipinski definition) is 2. The predicted octanol–water partition coefficient (Wildman–Crippen LogP) is 1.80. The Morgan fingerprint density at radius 1 is 1.35 bits per heavy atom. The van der Waals surface area contributed by atoms with Crippen molar-refractivity contribution >= 4 is 12.0 Å². The van der Waals surface area contributed by atoms with Crippen molar-refractivity contribution in [2.24, 2.45) is 11.7 Å². The summed E-state index contributed by atoms with van der Waals surface area (Å²) in [4.78, 5) is 11.6. The quantitative estimate of drug-likeness (QED) is 0.761. The second-order valence-electron chi connectivity index (χ2n) is 4.34. The number of benzene rings is 1. The molecule has 1 rings (SSSR count). The van der Waals surface area contributed by atoms with Gasteiger partial charge in [0.05, 0.1) is 0 Å². The van der Waals surface area contributed by atoms with Gasteiger partial charge < -0.3 is 11.1 Å². The van der Waals surface area contributed by atoms with E-state index in [1.165, 1.54) is 0 Å². The SMILES string of the molecule is CC(C)C(CN)NC(=O)C=Cc1ccccc1. The molecule has 0 radical (unpaired) electrons. The van der Waals surface area contributed by atoms with E-state index < -0.39 is 0 Å². The van der Waals surface area contributed by atoms with Gasteiger partial charge in [0.15, 0.2) is 0 Å². The Balaban J connectivity index is 2.52.